The Morgan fingerprint density at radius 1 is 1.33 bits per heavy atom. The fourth-order valence-corrected chi connectivity index (χ4v) is 2.15. The van der Waals surface area contributed by atoms with E-state index in [4.69, 9.17) is 5.11 Å². The molecule has 0 spiro atoms. The Balaban J connectivity index is 2.79. The number of aliphatic carboxylic acids is 1. The van der Waals surface area contributed by atoms with E-state index in [1.54, 1.807) is 0 Å². The molecule has 0 amide bonds. The highest BCUT2D eigenvalue weighted by molar-refractivity contribution is 7.99. The Bertz CT molecular complexity index is 446. The Morgan fingerprint density at radius 2 is 1.94 bits per heavy atom. The lowest BCUT2D eigenvalue weighted by atomic mass is 10.2. The molecule has 0 radical (unpaired) electrons. The topological polar surface area (TPSA) is 37.3 Å². The number of carbonyl (C=O) groups is 1. The minimum atomic E-state index is -4.93. The van der Waals surface area contributed by atoms with Gasteiger partial charge in [0.05, 0.1) is 0 Å². The standard InChI is InChI=1S/C10H7F5O2S/c11-5-1-2-7(12)8(3-5)18-4-6(9(16)17)10(13,14)15/h1-3,6H,4H2,(H,16,17). The highest BCUT2D eigenvalue weighted by Crippen LogP contribution is 2.33. The second-order valence-corrected chi connectivity index (χ2v) is 4.38. The van der Waals surface area contributed by atoms with Crippen molar-refractivity contribution in [2.75, 3.05) is 5.75 Å². The first kappa shape index (κ1) is 14.7. The van der Waals surface area contributed by atoms with Crippen LogP contribution < -0.4 is 0 Å². The van der Waals surface area contributed by atoms with Gasteiger partial charge in [0.25, 0.3) is 0 Å². The van der Waals surface area contributed by atoms with E-state index in [0.29, 0.717) is 11.8 Å². The lowest BCUT2D eigenvalue weighted by Gasteiger charge is -2.15. The van der Waals surface area contributed by atoms with Gasteiger partial charge in [-0.25, -0.2) is 8.78 Å². The predicted octanol–water partition coefficient (Wildman–Crippen LogP) is 3.32. The molecule has 100 valence electrons. The molecule has 0 aromatic heterocycles. The number of hydrogen-bond donors (Lipinski definition) is 1. The maximum absolute atomic E-state index is 13.1. The van der Waals surface area contributed by atoms with Crippen molar-refractivity contribution in [3.8, 4) is 0 Å². The number of halogens is 5. The maximum atomic E-state index is 13.1. The zero-order chi connectivity index (χ0) is 13.9. The van der Waals surface area contributed by atoms with Gasteiger partial charge in [0, 0.05) is 10.6 Å². The van der Waals surface area contributed by atoms with Gasteiger partial charge in [-0.3, -0.25) is 4.79 Å². The molecule has 1 atom stereocenters. The van der Waals surface area contributed by atoms with Crippen LogP contribution in [0.25, 0.3) is 0 Å². The summed E-state index contributed by atoms with van der Waals surface area (Å²) >= 11 is 0.309. The van der Waals surface area contributed by atoms with Crippen LogP contribution in [0.15, 0.2) is 23.1 Å². The second kappa shape index (κ2) is 5.55. The Labute approximate surface area is 103 Å². The van der Waals surface area contributed by atoms with Crippen molar-refractivity contribution in [3.05, 3.63) is 29.8 Å². The number of thioether (sulfide) groups is 1. The summed E-state index contributed by atoms with van der Waals surface area (Å²) in [6.45, 7) is 0. The van der Waals surface area contributed by atoms with Gasteiger partial charge in [0.2, 0.25) is 0 Å². The van der Waals surface area contributed by atoms with Crippen LogP contribution in [0.5, 0.6) is 0 Å². The molecule has 0 aliphatic rings. The number of carboxylic acids is 1. The summed E-state index contributed by atoms with van der Waals surface area (Å²) in [4.78, 5) is 10.1. The van der Waals surface area contributed by atoms with Crippen molar-refractivity contribution < 1.29 is 31.9 Å². The lowest BCUT2D eigenvalue weighted by Crippen LogP contribution is -2.32. The largest absolute Gasteiger partial charge is 0.481 e. The van der Waals surface area contributed by atoms with Crippen molar-refractivity contribution in [3.63, 3.8) is 0 Å². The molecule has 0 bridgehead atoms. The summed E-state index contributed by atoms with van der Waals surface area (Å²) < 4.78 is 62.7. The molecule has 0 fully saturated rings. The zero-order valence-electron chi connectivity index (χ0n) is 8.67. The molecule has 0 aliphatic heterocycles. The third-order valence-electron chi connectivity index (χ3n) is 1.99. The van der Waals surface area contributed by atoms with Crippen molar-refractivity contribution in [2.24, 2.45) is 5.92 Å². The van der Waals surface area contributed by atoms with Crippen LogP contribution in [0.4, 0.5) is 22.0 Å². The van der Waals surface area contributed by atoms with E-state index >= 15 is 0 Å². The SMILES string of the molecule is O=C(O)C(CSc1cc(F)ccc1F)C(F)(F)F. The van der Waals surface area contributed by atoms with Crippen LogP contribution >= 0.6 is 11.8 Å². The van der Waals surface area contributed by atoms with Gasteiger partial charge in [-0.05, 0) is 18.2 Å². The minimum Gasteiger partial charge on any atom is -0.481 e. The molecule has 8 heteroatoms. The third-order valence-corrected chi connectivity index (χ3v) is 3.12. The van der Waals surface area contributed by atoms with Crippen LogP contribution in [-0.2, 0) is 4.79 Å². The summed E-state index contributed by atoms with van der Waals surface area (Å²) in [5.74, 6) is -7.29. The van der Waals surface area contributed by atoms with Gasteiger partial charge in [0.1, 0.15) is 11.6 Å². The van der Waals surface area contributed by atoms with E-state index in [9.17, 15) is 26.7 Å². The minimum absolute atomic E-state index is 0.309. The summed E-state index contributed by atoms with van der Waals surface area (Å²) in [5, 5.41) is 8.41. The fraction of sp³-hybridized carbons (Fsp3) is 0.300. The normalized spacial score (nSPS) is 13.4. The zero-order valence-corrected chi connectivity index (χ0v) is 9.49. The van der Waals surface area contributed by atoms with Crippen molar-refractivity contribution >= 4 is 17.7 Å². The van der Waals surface area contributed by atoms with E-state index in [1.165, 1.54) is 0 Å². The summed E-state index contributed by atoms with van der Waals surface area (Å²) in [7, 11) is 0. The highest BCUT2D eigenvalue weighted by atomic mass is 32.2. The van der Waals surface area contributed by atoms with Crippen molar-refractivity contribution in [1.29, 1.82) is 0 Å². The first-order chi connectivity index (χ1) is 8.21. The van der Waals surface area contributed by atoms with E-state index < -0.39 is 35.5 Å². The van der Waals surface area contributed by atoms with Crippen LogP contribution in [0.2, 0.25) is 0 Å². The number of rotatable bonds is 4. The number of benzene rings is 1. The smallest absolute Gasteiger partial charge is 0.403 e. The van der Waals surface area contributed by atoms with E-state index in [-0.39, 0.29) is 4.90 Å². The first-order valence-corrected chi connectivity index (χ1v) is 5.57. The van der Waals surface area contributed by atoms with Crippen LogP contribution in [0.3, 0.4) is 0 Å². The summed E-state index contributed by atoms with van der Waals surface area (Å²) in [5.41, 5.74) is 0. The van der Waals surface area contributed by atoms with Crippen LogP contribution in [-0.4, -0.2) is 23.0 Å². The number of carboxylic acid groups (broad SMARTS) is 1. The average Bonchev–Trinajstić information content (AvgIpc) is 2.20. The molecule has 2 nitrogen and oxygen atoms in total. The molecule has 0 saturated carbocycles. The molecule has 1 aromatic carbocycles. The van der Waals surface area contributed by atoms with Gasteiger partial charge in [-0.15, -0.1) is 11.8 Å². The molecule has 0 saturated heterocycles. The predicted molar refractivity (Wildman–Crippen MR) is 54.3 cm³/mol. The second-order valence-electron chi connectivity index (χ2n) is 3.32. The number of alkyl halides is 3. The highest BCUT2D eigenvalue weighted by Gasteiger charge is 2.45. The third kappa shape index (κ3) is 3.86. The number of hydrogen-bond acceptors (Lipinski definition) is 2. The fourth-order valence-electron chi connectivity index (χ4n) is 1.07. The maximum Gasteiger partial charge on any atom is 0.403 e. The van der Waals surface area contributed by atoms with E-state index in [1.807, 2.05) is 0 Å². The molecule has 1 aromatic rings. The lowest BCUT2D eigenvalue weighted by molar-refractivity contribution is -0.188. The molecular weight excluding hydrogens is 279 g/mol. The first-order valence-electron chi connectivity index (χ1n) is 4.59. The van der Waals surface area contributed by atoms with Gasteiger partial charge in [-0.2, -0.15) is 13.2 Å². The van der Waals surface area contributed by atoms with Gasteiger partial charge >= 0.3 is 12.1 Å². The molecule has 0 heterocycles. The van der Waals surface area contributed by atoms with Gasteiger partial charge in [0.15, 0.2) is 5.92 Å². The van der Waals surface area contributed by atoms with Crippen molar-refractivity contribution in [1.82, 2.24) is 0 Å². The molecular formula is C10H7F5O2S. The van der Waals surface area contributed by atoms with Crippen molar-refractivity contribution in [2.45, 2.75) is 11.1 Å². The molecule has 1 unspecified atom stereocenters. The van der Waals surface area contributed by atoms with Crippen LogP contribution in [0, 0.1) is 17.6 Å². The van der Waals surface area contributed by atoms with E-state index in [2.05, 4.69) is 0 Å². The Hall–Kier alpha value is -1.31. The molecule has 1 rings (SSSR count). The Morgan fingerprint density at radius 3 is 2.44 bits per heavy atom. The van der Waals surface area contributed by atoms with Gasteiger partial charge < -0.3 is 5.11 Å². The monoisotopic (exact) mass is 286 g/mol. The Kier molecular flexibility index (Phi) is 4.55. The quantitative estimate of drug-likeness (QED) is 0.681. The average molecular weight is 286 g/mol. The van der Waals surface area contributed by atoms with Gasteiger partial charge in [-0.1, -0.05) is 0 Å². The molecule has 18 heavy (non-hydrogen) atoms. The summed E-state index contributed by atoms with van der Waals surface area (Å²) in [6.07, 6.45) is -4.93. The summed E-state index contributed by atoms with van der Waals surface area (Å²) in [6, 6.07) is 2.30. The molecule has 1 N–H and O–H groups in total. The molecule has 0 aliphatic carbocycles. The van der Waals surface area contributed by atoms with Crippen LogP contribution in [0.1, 0.15) is 0 Å². The van der Waals surface area contributed by atoms with E-state index in [0.717, 1.165) is 18.2 Å².